The Balaban J connectivity index is 2.94. The van der Waals surface area contributed by atoms with Crippen molar-refractivity contribution in [2.45, 2.75) is 72.2 Å². The van der Waals surface area contributed by atoms with E-state index >= 15 is 0 Å². The monoisotopic (exact) mass is 584 g/mol. The molecule has 226 valence electrons. The normalized spacial score (nSPS) is 21.7. The van der Waals surface area contributed by atoms with Crippen LogP contribution in [-0.4, -0.2) is 82.1 Å². The highest BCUT2D eigenvalue weighted by molar-refractivity contribution is 5.98. The molecule has 41 heavy (non-hydrogen) atoms. The lowest BCUT2D eigenvalue weighted by Gasteiger charge is -2.47. The van der Waals surface area contributed by atoms with E-state index in [4.69, 9.17) is 23.7 Å². The first-order valence-corrected chi connectivity index (χ1v) is 12.2. The lowest BCUT2D eigenvalue weighted by atomic mass is 9.96. The summed E-state index contributed by atoms with van der Waals surface area (Å²) in [5, 5.41) is 2.34. The minimum Gasteiger partial charge on any atom is -0.463 e. The van der Waals surface area contributed by atoms with Crippen LogP contribution in [0.2, 0.25) is 0 Å². The largest absolute Gasteiger partial charge is 0.463 e. The molecule has 2 heterocycles. The predicted molar refractivity (Wildman–Crippen MR) is 136 cm³/mol. The van der Waals surface area contributed by atoms with E-state index < -0.39 is 95.7 Å². The molecule has 17 nitrogen and oxygen atoms in total. The van der Waals surface area contributed by atoms with Crippen molar-refractivity contribution in [3.8, 4) is 0 Å². The van der Waals surface area contributed by atoms with Crippen LogP contribution in [0.25, 0.3) is 0 Å². The molecule has 5 atom stereocenters. The molecule has 1 N–H and O–H groups in total. The minimum absolute atomic E-state index is 0.409. The van der Waals surface area contributed by atoms with Crippen LogP contribution in [0.3, 0.4) is 0 Å². The topological polar surface area (TPSA) is 208 Å². The second-order valence-electron chi connectivity index (χ2n) is 9.06. The van der Waals surface area contributed by atoms with Gasteiger partial charge in [-0.05, 0) is 0 Å². The highest BCUT2D eigenvalue weighted by atomic mass is 16.7. The number of esters is 4. The van der Waals surface area contributed by atoms with Crippen LogP contribution in [0.1, 0.15) is 41.5 Å². The average Bonchev–Trinajstić information content (AvgIpc) is 2.84. The fourth-order valence-corrected chi connectivity index (χ4v) is 4.23. The third kappa shape index (κ3) is 7.56. The summed E-state index contributed by atoms with van der Waals surface area (Å²) < 4.78 is 28.7. The second-order valence-corrected chi connectivity index (χ2v) is 9.06. The van der Waals surface area contributed by atoms with Crippen molar-refractivity contribution in [2.24, 2.45) is 14.1 Å². The van der Waals surface area contributed by atoms with E-state index in [-0.39, 0.29) is 0 Å². The van der Waals surface area contributed by atoms with Crippen molar-refractivity contribution < 1.29 is 52.5 Å². The SMILES string of the molecule is CC(=O)Nc1c(N(C(C)=O)[C@@H]2O[C@H](COC(C)=O)[C@@H](OC(C)=O)[C@H](OC(C)=O)[C@H]2OC(C)=O)c(=O)n(C)c(=O)n1C. The zero-order valence-corrected chi connectivity index (χ0v) is 23.7. The maximum absolute atomic E-state index is 13.4. The van der Waals surface area contributed by atoms with Gasteiger partial charge in [-0.1, -0.05) is 0 Å². The minimum atomic E-state index is -1.81. The number of ether oxygens (including phenoxy) is 5. The van der Waals surface area contributed by atoms with E-state index in [1.54, 1.807) is 0 Å². The van der Waals surface area contributed by atoms with Gasteiger partial charge in [-0.3, -0.25) is 47.6 Å². The molecule has 2 amide bonds. The van der Waals surface area contributed by atoms with Gasteiger partial charge in [-0.2, -0.15) is 0 Å². The Hall–Kier alpha value is -4.54. The first-order valence-electron chi connectivity index (χ1n) is 12.2. The summed E-state index contributed by atoms with van der Waals surface area (Å²) in [5.41, 5.74) is -2.48. The molecular formula is C24H32N4O13. The molecular weight excluding hydrogens is 552 g/mol. The van der Waals surface area contributed by atoms with Crippen LogP contribution in [0.15, 0.2) is 9.59 Å². The zero-order valence-electron chi connectivity index (χ0n) is 23.7. The molecule has 0 unspecified atom stereocenters. The molecule has 17 heteroatoms. The highest BCUT2D eigenvalue weighted by Crippen LogP contribution is 2.34. The molecule has 1 aliphatic heterocycles. The second kappa shape index (κ2) is 13.2. The molecule has 1 aliphatic rings. The Morgan fingerprint density at radius 3 is 1.76 bits per heavy atom. The Kier molecular flexibility index (Phi) is 10.5. The lowest BCUT2D eigenvalue weighted by Crippen LogP contribution is -2.67. The number of nitrogens with one attached hydrogen (secondary N) is 1. The smallest absolute Gasteiger partial charge is 0.332 e. The molecule has 1 saturated heterocycles. The van der Waals surface area contributed by atoms with Gasteiger partial charge >= 0.3 is 29.6 Å². The fraction of sp³-hybridized carbons (Fsp3) is 0.583. The zero-order chi connectivity index (χ0) is 31.3. The molecule has 0 radical (unpaired) electrons. The van der Waals surface area contributed by atoms with E-state index in [2.05, 4.69) is 5.32 Å². The van der Waals surface area contributed by atoms with Crippen molar-refractivity contribution in [1.82, 2.24) is 9.13 Å². The Morgan fingerprint density at radius 1 is 0.780 bits per heavy atom. The van der Waals surface area contributed by atoms with Gasteiger partial charge in [0.25, 0.3) is 5.56 Å². The number of amides is 2. The summed E-state index contributed by atoms with van der Waals surface area (Å²) in [4.78, 5) is 100.0. The van der Waals surface area contributed by atoms with Crippen LogP contribution in [-0.2, 0) is 66.5 Å². The lowest BCUT2D eigenvalue weighted by molar-refractivity contribution is -0.251. The molecule has 1 fully saturated rings. The van der Waals surface area contributed by atoms with Gasteiger partial charge in [0.15, 0.2) is 30.2 Å². The van der Waals surface area contributed by atoms with Crippen LogP contribution >= 0.6 is 0 Å². The van der Waals surface area contributed by atoms with E-state index in [9.17, 15) is 38.4 Å². The van der Waals surface area contributed by atoms with Crippen LogP contribution in [0, 0.1) is 0 Å². The first kappa shape index (κ1) is 32.7. The number of anilines is 2. The molecule has 0 bridgehead atoms. The van der Waals surface area contributed by atoms with E-state index in [0.717, 1.165) is 53.2 Å². The average molecular weight is 585 g/mol. The Bertz CT molecular complexity index is 1360. The third-order valence-corrected chi connectivity index (χ3v) is 5.74. The number of rotatable bonds is 8. The molecule has 2 rings (SSSR count). The van der Waals surface area contributed by atoms with Crippen molar-refractivity contribution in [3.63, 3.8) is 0 Å². The summed E-state index contributed by atoms with van der Waals surface area (Å²) in [6, 6.07) is 0. The fourth-order valence-electron chi connectivity index (χ4n) is 4.23. The Labute approximate surface area is 233 Å². The van der Waals surface area contributed by atoms with Gasteiger partial charge in [0.2, 0.25) is 11.8 Å². The van der Waals surface area contributed by atoms with Gasteiger partial charge in [0, 0.05) is 55.6 Å². The van der Waals surface area contributed by atoms with Crippen LogP contribution < -0.4 is 21.5 Å². The molecule has 1 aromatic heterocycles. The molecule has 0 aromatic carbocycles. The number of nitrogens with zero attached hydrogens (tertiary/aromatic N) is 3. The summed E-state index contributed by atoms with van der Waals surface area (Å²) >= 11 is 0. The third-order valence-electron chi connectivity index (χ3n) is 5.74. The standard InChI is InChI=1S/C24H32N4O13/c1-10(29)25-21-17(22(35)27(8)24(36)26(21)7)28(11(2)30)23-20(40-15(6)34)19(39-14(5)33)18(38-13(4)32)16(41-23)9-37-12(3)31/h16,18-20,23H,9H2,1-8H3,(H,25,29)/t16-,18-,19+,20-,23-/m1/s1. The number of hydrogen-bond acceptors (Lipinski definition) is 13. The van der Waals surface area contributed by atoms with Crippen LogP contribution in [0.4, 0.5) is 11.5 Å². The maximum Gasteiger partial charge on any atom is 0.332 e. The summed E-state index contributed by atoms with van der Waals surface area (Å²) in [6.45, 7) is 5.65. The molecule has 0 aliphatic carbocycles. The highest BCUT2D eigenvalue weighted by Gasteiger charge is 2.55. The van der Waals surface area contributed by atoms with Crippen molar-refractivity contribution in [1.29, 1.82) is 0 Å². The Morgan fingerprint density at radius 2 is 1.29 bits per heavy atom. The molecule has 0 saturated carbocycles. The number of carbonyl (C=O) groups is 6. The summed E-state index contributed by atoms with van der Waals surface area (Å²) in [6.07, 6.45) is -8.17. The quantitative estimate of drug-likeness (QED) is 0.272. The van der Waals surface area contributed by atoms with Crippen molar-refractivity contribution in [2.75, 3.05) is 16.8 Å². The predicted octanol–water partition coefficient (Wildman–Crippen LogP) is -1.52. The van der Waals surface area contributed by atoms with Crippen molar-refractivity contribution in [3.05, 3.63) is 20.8 Å². The van der Waals surface area contributed by atoms with Gasteiger partial charge in [0.1, 0.15) is 18.5 Å². The maximum atomic E-state index is 13.4. The first-order chi connectivity index (χ1) is 19.0. The number of aromatic nitrogens is 2. The van der Waals surface area contributed by atoms with E-state index in [0.29, 0.717) is 9.47 Å². The van der Waals surface area contributed by atoms with Gasteiger partial charge in [-0.15, -0.1) is 0 Å². The number of carbonyl (C=O) groups excluding carboxylic acids is 6. The van der Waals surface area contributed by atoms with Gasteiger partial charge in [-0.25, -0.2) is 4.79 Å². The van der Waals surface area contributed by atoms with Gasteiger partial charge in [0.05, 0.1) is 0 Å². The van der Waals surface area contributed by atoms with Gasteiger partial charge < -0.3 is 29.0 Å². The molecule has 0 spiro atoms. The molecule has 1 aromatic rings. The van der Waals surface area contributed by atoms with E-state index in [1.807, 2.05) is 0 Å². The summed E-state index contributed by atoms with van der Waals surface area (Å²) in [7, 11) is 2.35. The van der Waals surface area contributed by atoms with E-state index in [1.165, 1.54) is 7.05 Å². The summed E-state index contributed by atoms with van der Waals surface area (Å²) in [5.74, 6) is -5.52. The van der Waals surface area contributed by atoms with Crippen molar-refractivity contribution >= 4 is 47.2 Å². The number of hydrogen-bond donors (Lipinski definition) is 1. The van der Waals surface area contributed by atoms with Crippen LogP contribution in [0.5, 0.6) is 0 Å².